The summed E-state index contributed by atoms with van der Waals surface area (Å²) in [5.41, 5.74) is 0.666. The first kappa shape index (κ1) is 17.2. The van der Waals surface area contributed by atoms with E-state index in [1.54, 1.807) is 24.3 Å². The molecule has 3 unspecified atom stereocenters. The molecule has 1 aliphatic carbocycles. The van der Waals surface area contributed by atoms with Gasteiger partial charge in [0.15, 0.2) is 0 Å². The van der Waals surface area contributed by atoms with Gasteiger partial charge in [-0.2, -0.15) is 0 Å². The number of benzene rings is 1. The van der Waals surface area contributed by atoms with Gasteiger partial charge in [0.2, 0.25) is 5.91 Å². The minimum atomic E-state index is -0.764. The minimum absolute atomic E-state index is 0.110. The topological polar surface area (TPSA) is 69.6 Å². The zero-order valence-electron chi connectivity index (χ0n) is 13.6. The number of carboxylic acids is 1. The van der Waals surface area contributed by atoms with Crippen LogP contribution in [0.15, 0.2) is 24.3 Å². The number of hydrogen-bond donors (Lipinski definition) is 2. The lowest BCUT2D eigenvalue weighted by Gasteiger charge is -2.32. The molecule has 0 radical (unpaired) electrons. The smallest absolute Gasteiger partial charge is 0.320 e. The molecule has 130 valence electrons. The third-order valence-corrected chi connectivity index (χ3v) is 5.45. The van der Waals surface area contributed by atoms with Gasteiger partial charge in [-0.25, -0.2) is 0 Å². The summed E-state index contributed by atoms with van der Waals surface area (Å²) < 4.78 is 0. The summed E-state index contributed by atoms with van der Waals surface area (Å²) in [6.45, 7) is 0.491. The Balaban J connectivity index is 1.59. The zero-order valence-corrected chi connectivity index (χ0v) is 14.3. The molecule has 0 spiro atoms. The monoisotopic (exact) mass is 350 g/mol. The second kappa shape index (κ2) is 7.53. The standard InChI is InChI=1S/C18H23ClN2O3/c19-13-5-3-6-14(11-13)20-17(22)8-9-21-15-7-2-1-4-12(15)10-16(21)18(23)24/h3,5-6,11-12,15-16H,1-2,4,7-10H2,(H,20,22)(H,23,24). The normalized spacial score (nSPS) is 26.8. The fraction of sp³-hybridized carbons (Fsp3) is 0.556. The number of aliphatic carboxylic acids is 1. The fourth-order valence-corrected chi connectivity index (χ4v) is 4.33. The average Bonchev–Trinajstić information content (AvgIpc) is 2.92. The van der Waals surface area contributed by atoms with Crippen molar-refractivity contribution in [3.8, 4) is 0 Å². The molecule has 1 aliphatic heterocycles. The molecule has 1 aromatic rings. The van der Waals surface area contributed by atoms with Gasteiger partial charge >= 0.3 is 5.97 Å². The van der Waals surface area contributed by atoms with Gasteiger partial charge in [-0.05, 0) is 43.4 Å². The molecule has 1 amide bonds. The summed E-state index contributed by atoms with van der Waals surface area (Å²) in [7, 11) is 0. The largest absolute Gasteiger partial charge is 0.480 e. The van der Waals surface area contributed by atoms with E-state index >= 15 is 0 Å². The van der Waals surface area contributed by atoms with E-state index in [1.165, 1.54) is 6.42 Å². The van der Waals surface area contributed by atoms with Crippen LogP contribution in [-0.4, -0.2) is 40.5 Å². The highest BCUT2D eigenvalue weighted by atomic mass is 35.5. The van der Waals surface area contributed by atoms with Crippen molar-refractivity contribution in [1.82, 2.24) is 4.90 Å². The Labute approximate surface area is 147 Å². The number of hydrogen-bond acceptors (Lipinski definition) is 3. The lowest BCUT2D eigenvalue weighted by molar-refractivity contribution is -0.143. The predicted octanol–water partition coefficient (Wildman–Crippen LogP) is 3.39. The molecule has 1 heterocycles. The third kappa shape index (κ3) is 3.90. The van der Waals surface area contributed by atoms with Gasteiger partial charge in [0.1, 0.15) is 6.04 Å². The van der Waals surface area contributed by atoms with Gasteiger partial charge in [0.25, 0.3) is 0 Å². The molecule has 24 heavy (non-hydrogen) atoms. The van der Waals surface area contributed by atoms with Crippen molar-refractivity contribution in [2.24, 2.45) is 5.92 Å². The molecule has 6 heteroatoms. The SMILES string of the molecule is O=C(CCN1C(C(=O)O)CC2CCCCC21)Nc1cccc(Cl)c1. The van der Waals surface area contributed by atoms with Gasteiger partial charge in [-0.3, -0.25) is 14.5 Å². The van der Waals surface area contributed by atoms with Crippen LogP contribution in [0.1, 0.15) is 38.5 Å². The van der Waals surface area contributed by atoms with E-state index in [1.807, 2.05) is 4.90 Å². The first-order valence-electron chi connectivity index (χ1n) is 8.58. The molecule has 2 aliphatic rings. The Morgan fingerprint density at radius 2 is 2.08 bits per heavy atom. The Morgan fingerprint density at radius 3 is 2.83 bits per heavy atom. The van der Waals surface area contributed by atoms with Crippen molar-refractivity contribution in [2.75, 3.05) is 11.9 Å². The third-order valence-electron chi connectivity index (χ3n) is 5.21. The number of anilines is 1. The summed E-state index contributed by atoms with van der Waals surface area (Å²) in [5.74, 6) is -0.406. The van der Waals surface area contributed by atoms with Crippen molar-refractivity contribution in [1.29, 1.82) is 0 Å². The van der Waals surface area contributed by atoms with E-state index in [9.17, 15) is 14.7 Å². The van der Waals surface area contributed by atoms with Gasteiger partial charge in [-0.15, -0.1) is 0 Å². The Kier molecular flexibility index (Phi) is 5.41. The Hall–Kier alpha value is -1.59. The van der Waals surface area contributed by atoms with Crippen LogP contribution in [0.2, 0.25) is 5.02 Å². The molecule has 1 saturated heterocycles. The molecule has 3 rings (SSSR count). The minimum Gasteiger partial charge on any atom is -0.480 e. The first-order chi connectivity index (χ1) is 11.5. The van der Waals surface area contributed by atoms with Gasteiger partial charge in [-0.1, -0.05) is 30.5 Å². The number of likely N-dealkylation sites (tertiary alicyclic amines) is 1. The second-order valence-electron chi connectivity index (χ2n) is 6.75. The fourth-order valence-electron chi connectivity index (χ4n) is 4.14. The maximum Gasteiger partial charge on any atom is 0.320 e. The van der Waals surface area contributed by atoms with Crippen molar-refractivity contribution < 1.29 is 14.7 Å². The quantitative estimate of drug-likeness (QED) is 0.854. The highest BCUT2D eigenvalue weighted by molar-refractivity contribution is 6.30. The van der Waals surface area contributed by atoms with Gasteiger partial charge in [0, 0.05) is 29.7 Å². The average molecular weight is 351 g/mol. The maximum absolute atomic E-state index is 12.2. The van der Waals surface area contributed by atoms with Crippen LogP contribution in [0.25, 0.3) is 0 Å². The first-order valence-corrected chi connectivity index (χ1v) is 8.96. The summed E-state index contributed by atoms with van der Waals surface area (Å²) in [6.07, 6.45) is 5.51. The van der Waals surface area contributed by atoms with Gasteiger partial charge < -0.3 is 10.4 Å². The summed E-state index contributed by atoms with van der Waals surface area (Å²) in [4.78, 5) is 25.8. The highest BCUT2D eigenvalue weighted by Crippen LogP contribution is 2.39. The van der Waals surface area contributed by atoms with Crippen molar-refractivity contribution in [3.05, 3.63) is 29.3 Å². The van der Waals surface area contributed by atoms with Crippen LogP contribution in [0, 0.1) is 5.92 Å². The Morgan fingerprint density at radius 1 is 1.29 bits per heavy atom. The van der Waals surface area contributed by atoms with E-state index in [0.717, 1.165) is 25.7 Å². The number of carboxylic acid groups (broad SMARTS) is 1. The molecule has 0 bridgehead atoms. The lowest BCUT2D eigenvalue weighted by atomic mass is 9.85. The molecule has 1 saturated carbocycles. The zero-order chi connectivity index (χ0) is 17.1. The lowest BCUT2D eigenvalue weighted by Crippen LogP contribution is -2.43. The second-order valence-corrected chi connectivity index (χ2v) is 7.18. The van der Waals surface area contributed by atoms with Crippen LogP contribution < -0.4 is 5.32 Å². The highest BCUT2D eigenvalue weighted by Gasteiger charge is 2.44. The number of fused-ring (bicyclic) bond motifs is 1. The van der Waals surface area contributed by atoms with Crippen LogP contribution in [-0.2, 0) is 9.59 Å². The molecule has 5 nitrogen and oxygen atoms in total. The number of carbonyl (C=O) groups is 2. The number of nitrogens with zero attached hydrogens (tertiary/aromatic N) is 1. The van der Waals surface area contributed by atoms with Crippen LogP contribution in [0.5, 0.6) is 0 Å². The van der Waals surface area contributed by atoms with E-state index in [0.29, 0.717) is 35.6 Å². The predicted molar refractivity (Wildman–Crippen MR) is 93.2 cm³/mol. The molecule has 2 fully saturated rings. The summed E-state index contributed by atoms with van der Waals surface area (Å²) in [6, 6.07) is 6.90. The molecule has 1 aromatic carbocycles. The van der Waals surface area contributed by atoms with Crippen LogP contribution in [0.4, 0.5) is 5.69 Å². The van der Waals surface area contributed by atoms with E-state index in [-0.39, 0.29) is 5.91 Å². The number of carbonyl (C=O) groups excluding carboxylic acids is 1. The molecule has 2 N–H and O–H groups in total. The van der Waals surface area contributed by atoms with Crippen molar-refractivity contribution >= 4 is 29.2 Å². The number of amides is 1. The van der Waals surface area contributed by atoms with E-state index < -0.39 is 12.0 Å². The van der Waals surface area contributed by atoms with E-state index in [4.69, 9.17) is 11.6 Å². The summed E-state index contributed by atoms with van der Waals surface area (Å²) in [5, 5.41) is 12.9. The number of rotatable bonds is 5. The van der Waals surface area contributed by atoms with Crippen molar-refractivity contribution in [2.45, 2.75) is 50.6 Å². The number of nitrogens with one attached hydrogen (secondary N) is 1. The van der Waals surface area contributed by atoms with Gasteiger partial charge in [0.05, 0.1) is 0 Å². The van der Waals surface area contributed by atoms with E-state index in [2.05, 4.69) is 5.32 Å². The van der Waals surface area contributed by atoms with Crippen LogP contribution >= 0.6 is 11.6 Å². The molecular formula is C18H23ClN2O3. The molecule has 3 atom stereocenters. The maximum atomic E-state index is 12.2. The molecule has 0 aromatic heterocycles. The van der Waals surface area contributed by atoms with Crippen LogP contribution in [0.3, 0.4) is 0 Å². The van der Waals surface area contributed by atoms with Crippen molar-refractivity contribution in [3.63, 3.8) is 0 Å². The summed E-state index contributed by atoms with van der Waals surface area (Å²) >= 11 is 5.91. The number of halogens is 1. The molecular weight excluding hydrogens is 328 g/mol. The Bertz CT molecular complexity index is 622.